The molecule has 1 saturated heterocycles. The van der Waals surface area contributed by atoms with Crippen LogP contribution in [0.2, 0.25) is 0 Å². The number of aromatic nitrogens is 2. The molecule has 4 rings (SSSR count). The average Bonchev–Trinajstić information content (AvgIpc) is 3.24. The Balaban J connectivity index is 1.28. The number of piperazine rings is 1. The monoisotopic (exact) mass is 417 g/mol. The zero-order valence-corrected chi connectivity index (χ0v) is 18.3. The summed E-state index contributed by atoms with van der Waals surface area (Å²) in [6, 6.07) is 20.6. The second-order valence-electron chi connectivity index (χ2n) is 8.63. The van der Waals surface area contributed by atoms with Crippen molar-refractivity contribution in [2.75, 3.05) is 36.4 Å². The molecular formula is C25H31N5O. The molecule has 1 aliphatic rings. The standard InChI is InChI=1S/C25H31N5O/c1-19(2)16-22-17-24(28-27-22)25(31)26-21-8-10-23(11-9-21)30-14-12-29(13-15-30)18-20-6-4-3-5-7-20/h3-11,17,19H,12-16,18H2,1-2H3,(H,26,31)(H,27,28). The number of hydrogen-bond acceptors (Lipinski definition) is 4. The lowest BCUT2D eigenvalue weighted by atomic mass is 10.1. The Hall–Kier alpha value is -3.12. The summed E-state index contributed by atoms with van der Waals surface area (Å²) in [6.45, 7) is 9.40. The first-order chi connectivity index (χ1) is 15.1. The van der Waals surface area contributed by atoms with E-state index >= 15 is 0 Å². The highest BCUT2D eigenvalue weighted by atomic mass is 16.1. The van der Waals surface area contributed by atoms with Gasteiger partial charge in [-0.15, -0.1) is 0 Å². The number of nitrogens with one attached hydrogen (secondary N) is 2. The van der Waals surface area contributed by atoms with Gasteiger partial charge in [0.05, 0.1) is 0 Å². The summed E-state index contributed by atoms with van der Waals surface area (Å²) >= 11 is 0. The van der Waals surface area contributed by atoms with Crippen LogP contribution in [0.4, 0.5) is 11.4 Å². The van der Waals surface area contributed by atoms with Crippen LogP contribution in [-0.2, 0) is 13.0 Å². The zero-order chi connectivity index (χ0) is 21.6. The number of aromatic amines is 1. The number of benzene rings is 2. The van der Waals surface area contributed by atoms with Crippen LogP contribution >= 0.6 is 0 Å². The van der Waals surface area contributed by atoms with E-state index in [1.807, 2.05) is 18.2 Å². The quantitative estimate of drug-likeness (QED) is 0.605. The van der Waals surface area contributed by atoms with Crippen LogP contribution < -0.4 is 10.2 Å². The summed E-state index contributed by atoms with van der Waals surface area (Å²) < 4.78 is 0. The maximum absolute atomic E-state index is 12.5. The molecule has 0 aliphatic carbocycles. The van der Waals surface area contributed by atoms with Crippen LogP contribution in [0, 0.1) is 5.92 Å². The molecule has 0 unspecified atom stereocenters. The summed E-state index contributed by atoms with van der Waals surface area (Å²) in [5.74, 6) is 0.331. The predicted molar refractivity (Wildman–Crippen MR) is 125 cm³/mol. The molecule has 0 saturated carbocycles. The fourth-order valence-corrected chi connectivity index (χ4v) is 3.98. The third kappa shape index (κ3) is 5.73. The number of rotatable bonds is 7. The lowest BCUT2D eigenvalue weighted by Gasteiger charge is -2.36. The molecule has 2 N–H and O–H groups in total. The number of amides is 1. The van der Waals surface area contributed by atoms with Crippen LogP contribution in [0.5, 0.6) is 0 Å². The van der Waals surface area contributed by atoms with E-state index in [1.54, 1.807) is 0 Å². The van der Waals surface area contributed by atoms with E-state index in [9.17, 15) is 4.79 Å². The second kappa shape index (κ2) is 9.79. The Bertz CT molecular complexity index is 973. The number of nitrogens with zero attached hydrogens (tertiary/aromatic N) is 3. The van der Waals surface area contributed by atoms with Gasteiger partial charge >= 0.3 is 0 Å². The van der Waals surface area contributed by atoms with Gasteiger partial charge in [0.2, 0.25) is 0 Å². The zero-order valence-electron chi connectivity index (χ0n) is 18.3. The van der Waals surface area contributed by atoms with Crippen molar-refractivity contribution in [3.8, 4) is 0 Å². The SMILES string of the molecule is CC(C)Cc1cc(C(=O)Nc2ccc(N3CCN(Cc4ccccc4)CC3)cc2)n[nH]1. The number of anilines is 2. The molecule has 0 radical (unpaired) electrons. The number of carbonyl (C=O) groups is 1. The fourth-order valence-electron chi connectivity index (χ4n) is 3.98. The van der Waals surface area contributed by atoms with Crippen molar-refractivity contribution in [1.29, 1.82) is 0 Å². The highest BCUT2D eigenvalue weighted by Gasteiger charge is 2.17. The predicted octanol–water partition coefficient (Wildman–Crippen LogP) is 4.18. The topological polar surface area (TPSA) is 64.3 Å². The Kier molecular flexibility index (Phi) is 6.67. The van der Waals surface area contributed by atoms with Gasteiger partial charge in [0, 0.05) is 49.8 Å². The Morgan fingerprint density at radius 3 is 2.42 bits per heavy atom. The minimum Gasteiger partial charge on any atom is -0.369 e. The highest BCUT2D eigenvalue weighted by Crippen LogP contribution is 2.21. The van der Waals surface area contributed by atoms with Crippen LogP contribution in [0.1, 0.15) is 35.6 Å². The van der Waals surface area contributed by atoms with Gasteiger partial charge in [-0.1, -0.05) is 44.2 Å². The molecule has 3 aromatic rings. The molecule has 6 nitrogen and oxygen atoms in total. The van der Waals surface area contributed by atoms with E-state index in [4.69, 9.17) is 0 Å². The largest absolute Gasteiger partial charge is 0.369 e. The Labute approximate surface area is 184 Å². The van der Waals surface area contributed by atoms with Crippen molar-refractivity contribution in [3.05, 3.63) is 77.6 Å². The van der Waals surface area contributed by atoms with Gasteiger partial charge in [-0.25, -0.2) is 0 Å². The van der Waals surface area contributed by atoms with Crippen LogP contribution in [0.25, 0.3) is 0 Å². The first-order valence-electron chi connectivity index (χ1n) is 11.0. The molecule has 0 atom stereocenters. The van der Waals surface area contributed by atoms with Crippen molar-refractivity contribution in [2.45, 2.75) is 26.8 Å². The van der Waals surface area contributed by atoms with Crippen LogP contribution in [0.3, 0.4) is 0 Å². The summed E-state index contributed by atoms with van der Waals surface area (Å²) in [7, 11) is 0. The second-order valence-corrected chi connectivity index (χ2v) is 8.63. The molecular weight excluding hydrogens is 386 g/mol. The van der Waals surface area contributed by atoms with E-state index < -0.39 is 0 Å². The molecule has 1 fully saturated rings. The van der Waals surface area contributed by atoms with Gasteiger partial charge in [-0.2, -0.15) is 5.10 Å². The smallest absolute Gasteiger partial charge is 0.276 e. The van der Waals surface area contributed by atoms with Crippen molar-refractivity contribution in [2.24, 2.45) is 5.92 Å². The molecule has 6 heteroatoms. The first-order valence-corrected chi connectivity index (χ1v) is 11.0. The van der Waals surface area contributed by atoms with E-state index in [2.05, 4.69) is 81.6 Å². The van der Waals surface area contributed by atoms with Gasteiger partial charge in [0.1, 0.15) is 0 Å². The van der Waals surface area contributed by atoms with Crippen LogP contribution in [-0.4, -0.2) is 47.2 Å². The molecule has 162 valence electrons. The lowest BCUT2D eigenvalue weighted by molar-refractivity contribution is 0.102. The molecule has 1 aromatic heterocycles. The van der Waals surface area contributed by atoms with Gasteiger partial charge in [0.25, 0.3) is 5.91 Å². The molecule has 2 heterocycles. The summed E-state index contributed by atoms with van der Waals surface area (Å²) in [5, 5.41) is 10.0. The number of hydrogen-bond donors (Lipinski definition) is 2. The maximum Gasteiger partial charge on any atom is 0.276 e. The first kappa shape index (κ1) is 21.1. The number of carbonyl (C=O) groups excluding carboxylic acids is 1. The van der Waals surface area contributed by atoms with Crippen molar-refractivity contribution < 1.29 is 4.79 Å². The number of H-pyrrole nitrogens is 1. The van der Waals surface area contributed by atoms with Crippen molar-refractivity contribution in [1.82, 2.24) is 15.1 Å². The van der Waals surface area contributed by atoms with Crippen molar-refractivity contribution >= 4 is 17.3 Å². The molecule has 0 spiro atoms. The third-order valence-electron chi connectivity index (χ3n) is 5.60. The van der Waals surface area contributed by atoms with E-state index in [0.717, 1.165) is 50.5 Å². The fraction of sp³-hybridized carbons (Fsp3) is 0.360. The maximum atomic E-state index is 12.5. The van der Waals surface area contributed by atoms with Gasteiger partial charge in [-0.3, -0.25) is 14.8 Å². The molecule has 31 heavy (non-hydrogen) atoms. The Morgan fingerprint density at radius 1 is 1.03 bits per heavy atom. The normalized spacial score (nSPS) is 14.7. The molecule has 1 amide bonds. The summed E-state index contributed by atoms with van der Waals surface area (Å²) in [5.41, 5.74) is 4.75. The molecule has 1 aliphatic heterocycles. The van der Waals surface area contributed by atoms with Crippen LogP contribution in [0.15, 0.2) is 60.7 Å². The minimum absolute atomic E-state index is 0.187. The lowest BCUT2D eigenvalue weighted by Crippen LogP contribution is -2.45. The Morgan fingerprint density at radius 2 is 1.74 bits per heavy atom. The van der Waals surface area contributed by atoms with E-state index in [-0.39, 0.29) is 5.91 Å². The van der Waals surface area contributed by atoms with Gasteiger partial charge in [-0.05, 0) is 48.2 Å². The molecule has 2 aromatic carbocycles. The van der Waals surface area contributed by atoms with E-state index in [1.165, 1.54) is 11.3 Å². The summed E-state index contributed by atoms with van der Waals surface area (Å²) in [6.07, 6.45) is 0.883. The molecule has 0 bridgehead atoms. The van der Waals surface area contributed by atoms with E-state index in [0.29, 0.717) is 11.6 Å². The average molecular weight is 418 g/mol. The minimum atomic E-state index is -0.187. The van der Waals surface area contributed by atoms with Crippen molar-refractivity contribution in [3.63, 3.8) is 0 Å². The van der Waals surface area contributed by atoms with Gasteiger partial charge < -0.3 is 10.2 Å². The summed E-state index contributed by atoms with van der Waals surface area (Å²) in [4.78, 5) is 17.4. The van der Waals surface area contributed by atoms with Gasteiger partial charge in [0.15, 0.2) is 5.69 Å². The third-order valence-corrected chi connectivity index (χ3v) is 5.60. The highest BCUT2D eigenvalue weighted by molar-refractivity contribution is 6.02.